The van der Waals surface area contributed by atoms with Crippen molar-refractivity contribution in [1.29, 1.82) is 0 Å². The molecule has 0 saturated heterocycles. The van der Waals surface area contributed by atoms with E-state index in [0.717, 1.165) is 16.6 Å². The van der Waals surface area contributed by atoms with E-state index in [1.165, 1.54) is 9.44 Å². The summed E-state index contributed by atoms with van der Waals surface area (Å²) in [6.45, 7) is 2.08. The lowest BCUT2D eigenvalue weighted by molar-refractivity contribution is 0.844. The zero-order valence-electron chi connectivity index (χ0n) is 7.57. The number of hydrogen-bond donors (Lipinski definition) is 0. The Morgan fingerprint density at radius 1 is 1.62 bits per heavy atom. The third-order valence-corrected chi connectivity index (χ3v) is 3.20. The molecule has 0 atom stereocenters. The molecule has 0 aromatic carbocycles. The maximum atomic E-state index is 11.6. The van der Waals surface area contributed by atoms with Crippen molar-refractivity contribution in [2.45, 2.75) is 13.3 Å². The Morgan fingerprint density at radius 3 is 3.08 bits per heavy atom. The molecule has 2 rings (SSSR count). The largest absolute Gasteiger partial charge is 0.302 e. The lowest BCUT2D eigenvalue weighted by atomic mass is 10.3. The van der Waals surface area contributed by atoms with Gasteiger partial charge in [-0.05, 0) is 12.5 Å². The summed E-state index contributed by atoms with van der Waals surface area (Å²) in [7, 11) is 1.72. The average Bonchev–Trinajstić information content (AvgIpc) is 2.55. The molecule has 0 N–H and O–H groups in total. The van der Waals surface area contributed by atoms with Crippen LogP contribution in [0.15, 0.2) is 17.2 Å². The van der Waals surface area contributed by atoms with E-state index in [1.54, 1.807) is 24.7 Å². The van der Waals surface area contributed by atoms with Gasteiger partial charge in [-0.3, -0.25) is 4.79 Å². The first-order valence-corrected chi connectivity index (χ1v) is 4.98. The fourth-order valence-corrected chi connectivity index (χ4v) is 2.16. The van der Waals surface area contributed by atoms with Gasteiger partial charge in [-0.25, -0.2) is 4.98 Å². The Labute approximate surface area is 79.7 Å². The first-order valence-electron chi connectivity index (χ1n) is 4.16. The van der Waals surface area contributed by atoms with Crippen LogP contribution in [0.2, 0.25) is 0 Å². The predicted octanol–water partition coefficient (Wildman–Crippen LogP) is 1.56. The molecular weight excluding hydrogens is 184 g/mol. The summed E-state index contributed by atoms with van der Waals surface area (Å²) in [5.41, 5.74) is 0.0425. The van der Waals surface area contributed by atoms with Crippen LogP contribution in [0.5, 0.6) is 0 Å². The molecule has 68 valence electrons. The smallest absolute Gasteiger partial charge is 0.261 e. The fourth-order valence-electron chi connectivity index (χ4n) is 1.24. The van der Waals surface area contributed by atoms with Gasteiger partial charge >= 0.3 is 0 Å². The van der Waals surface area contributed by atoms with E-state index in [-0.39, 0.29) is 5.56 Å². The highest BCUT2D eigenvalue weighted by Gasteiger charge is 2.05. The monoisotopic (exact) mass is 194 g/mol. The van der Waals surface area contributed by atoms with Gasteiger partial charge < -0.3 is 4.57 Å². The SMILES string of the molecule is CCc1cc2c(=O)n(C)cnc2s1. The molecular formula is C9H10N2OS. The zero-order valence-corrected chi connectivity index (χ0v) is 8.39. The van der Waals surface area contributed by atoms with Gasteiger partial charge in [0.1, 0.15) is 4.83 Å². The van der Waals surface area contributed by atoms with Crippen molar-refractivity contribution < 1.29 is 0 Å². The van der Waals surface area contributed by atoms with Crippen molar-refractivity contribution in [3.63, 3.8) is 0 Å². The van der Waals surface area contributed by atoms with E-state index >= 15 is 0 Å². The summed E-state index contributed by atoms with van der Waals surface area (Å²) in [5, 5.41) is 0.742. The maximum Gasteiger partial charge on any atom is 0.261 e. The molecule has 0 aliphatic carbocycles. The molecule has 2 heterocycles. The molecule has 0 aliphatic rings. The van der Waals surface area contributed by atoms with E-state index in [2.05, 4.69) is 11.9 Å². The molecule has 0 saturated carbocycles. The molecule has 0 radical (unpaired) electrons. The summed E-state index contributed by atoms with van der Waals surface area (Å²) in [5.74, 6) is 0. The topological polar surface area (TPSA) is 34.9 Å². The van der Waals surface area contributed by atoms with Crippen LogP contribution in [-0.4, -0.2) is 9.55 Å². The van der Waals surface area contributed by atoms with Crippen molar-refractivity contribution in [1.82, 2.24) is 9.55 Å². The van der Waals surface area contributed by atoms with Gasteiger partial charge in [0.15, 0.2) is 0 Å². The summed E-state index contributed by atoms with van der Waals surface area (Å²) in [6.07, 6.45) is 2.53. The van der Waals surface area contributed by atoms with Crippen molar-refractivity contribution in [3.8, 4) is 0 Å². The molecule has 4 heteroatoms. The summed E-state index contributed by atoms with van der Waals surface area (Å²) in [6, 6.07) is 1.94. The van der Waals surface area contributed by atoms with Gasteiger partial charge in [-0.2, -0.15) is 0 Å². The highest BCUT2D eigenvalue weighted by Crippen LogP contribution is 2.20. The Morgan fingerprint density at radius 2 is 2.38 bits per heavy atom. The van der Waals surface area contributed by atoms with Crippen LogP contribution in [0.3, 0.4) is 0 Å². The molecule has 0 fully saturated rings. The summed E-state index contributed by atoms with van der Waals surface area (Å²) < 4.78 is 1.51. The van der Waals surface area contributed by atoms with Gasteiger partial charge in [-0.1, -0.05) is 6.92 Å². The first kappa shape index (κ1) is 8.44. The van der Waals surface area contributed by atoms with Crippen LogP contribution >= 0.6 is 11.3 Å². The number of rotatable bonds is 1. The Bertz CT molecular complexity index is 498. The second-order valence-corrected chi connectivity index (χ2v) is 4.06. The quantitative estimate of drug-likeness (QED) is 0.690. The van der Waals surface area contributed by atoms with Crippen LogP contribution in [0.1, 0.15) is 11.8 Å². The molecule has 0 unspecified atom stereocenters. The Kier molecular flexibility index (Phi) is 1.92. The van der Waals surface area contributed by atoms with Gasteiger partial charge in [0.05, 0.1) is 11.7 Å². The highest BCUT2D eigenvalue weighted by atomic mass is 32.1. The highest BCUT2D eigenvalue weighted by molar-refractivity contribution is 7.18. The molecule has 0 bridgehead atoms. The van der Waals surface area contributed by atoms with Crippen LogP contribution in [-0.2, 0) is 13.5 Å². The average molecular weight is 194 g/mol. The van der Waals surface area contributed by atoms with Crippen molar-refractivity contribution in [2.75, 3.05) is 0 Å². The number of fused-ring (bicyclic) bond motifs is 1. The third-order valence-electron chi connectivity index (χ3n) is 2.01. The molecule has 0 aliphatic heterocycles. The number of hydrogen-bond acceptors (Lipinski definition) is 3. The molecule has 3 nitrogen and oxygen atoms in total. The first-order chi connectivity index (χ1) is 6.22. The summed E-state index contributed by atoms with van der Waals surface area (Å²) in [4.78, 5) is 17.8. The van der Waals surface area contributed by atoms with E-state index in [1.807, 2.05) is 6.07 Å². The van der Waals surface area contributed by atoms with Crippen molar-refractivity contribution in [2.24, 2.45) is 7.05 Å². The standard InChI is InChI=1S/C9H10N2OS/c1-3-6-4-7-8(13-6)10-5-11(2)9(7)12/h4-5H,3H2,1-2H3. The molecule has 13 heavy (non-hydrogen) atoms. The molecule has 2 aromatic heterocycles. The molecule has 0 amide bonds. The number of nitrogens with zero attached hydrogens (tertiary/aromatic N) is 2. The molecule has 0 spiro atoms. The minimum absolute atomic E-state index is 0.0425. The molecule has 2 aromatic rings. The lowest BCUT2D eigenvalue weighted by Crippen LogP contribution is -2.15. The number of aryl methyl sites for hydroxylation is 2. The normalized spacial score (nSPS) is 10.9. The number of aromatic nitrogens is 2. The maximum absolute atomic E-state index is 11.6. The summed E-state index contributed by atoms with van der Waals surface area (Å²) >= 11 is 1.60. The second kappa shape index (κ2) is 2.96. The van der Waals surface area contributed by atoms with Crippen LogP contribution in [0, 0.1) is 0 Å². The minimum atomic E-state index is 0.0425. The Balaban J connectivity index is 2.84. The lowest BCUT2D eigenvalue weighted by Gasteiger charge is -1.93. The van der Waals surface area contributed by atoms with E-state index in [4.69, 9.17) is 0 Å². The Hall–Kier alpha value is -1.16. The van der Waals surface area contributed by atoms with Gasteiger partial charge in [0, 0.05) is 11.9 Å². The van der Waals surface area contributed by atoms with Crippen molar-refractivity contribution in [3.05, 3.63) is 27.6 Å². The van der Waals surface area contributed by atoms with E-state index < -0.39 is 0 Å². The van der Waals surface area contributed by atoms with Crippen LogP contribution < -0.4 is 5.56 Å². The van der Waals surface area contributed by atoms with Crippen molar-refractivity contribution >= 4 is 21.6 Å². The van der Waals surface area contributed by atoms with Crippen LogP contribution in [0.4, 0.5) is 0 Å². The zero-order chi connectivity index (χ0) is 9.42. The minimum Gasteiger partial charge on any atom is -0.302 e. The van der Waals surface area contributed by atoms with Gasteiger partial charge in [0.25, 0.3) is 5.56 Å². The third kappa shape index (κ3) is 1.27. The second-order valence-electron chi connectivity index (χ2n) is 2.95. The van der Waals surface area contributed by atoms with E-state index in [9.17, 15) is 4.79 Å². The van der Waals surface area contributed by atoms with Gasteiger partial charge in [0.2, 0.25) is 0 Å². The van der Waals surface area contributed by atoms with E-state index in [0.29, 0.717) is 0 Å². The van der Waals surface area contributed by atoms with Crippen LogP contribution in [0.25, 0.3) is 10.2 Å². The fraction of sp³-hybridized carbons (Fsp3) is 0.333. The van der Waals surface area contributed by atoms with Gasteiger partial charge in [-0.15, -0.1) is 11.3 Å². The number of thiophene rings is 1. The predicted molar refractivity (Wildman–Crippen MR) is 54.2 cm³/mol.